The third kappa shape index (κ3) is 4.58. The Kier molecular flexibility index (Phi) is 6.77. The van der Waals surface area contributed by atoms with E-state index < -0.39 is 0 Å². The number of nitrogens with zero attached hydrogens (tertiary/aromatic N) is 2. The normalized spacial score (nSPS) is 24.8. The van der Waals surface area contributed by atoms with Crippen LogP contribution >= 0.6 is 0 Å². The Morgan fingerprint density at radius 2 is 1.62 bits per heavy atom. The molecule has 0 atom stereocenters. The first-order valence-electron chi connectivity index (χ1n) is 8.70. The van der Waals surface area contributed by atoms with Crippen molar-refractivity contribution in [3.8, 4) is 0 Å². The third-order valence-electron chi connectivity index (χ3n) is 4.67. The molecule has 2 amide bonds. The van der Waals surface area contributed by atoms with Crippen LogP contribution in [0.3, 0.4) is 0 Å². The van der Waals surface area contributed by atoms with Gasteiger partial charge in [0.15, 0.2) is 0 Å². The Morgan fingerprint density at radius 3 is 2.14 bits per heavy atom. The number of urea groups is 1. The third-order valence-corrected chi connectivity index (χ3v) is 4.67. The zero-order chi connectivity index (χ0) is 15.1. The Morgan fingerprint density at radius 1 is 1.00 bits per heavy atom. The molecule has 2 heterocycles. The van der Waals surface area contributed by atoms with E-state index >= 15 is 0 Å². The maximum Gasteiger partial charge on any atom is 0.317 e. The first-order valence-corrected chi connectivity index (χ1v) is 8.70. The van der Waals surface area contributed by atoms with Crippen LogP contribution in [0.1, 0.15) is 46.0 Å². The van der Waals surface area contributed by atoms with E-state index in [4.69, 9.17) is 4.74 Å². The molecule has 21 heavy (non-hydrogen) atoms. The predicted molar refractivity (Wildman–Crippen MR) is 84.5 cm³/mol. The van der Waals surface area contributed by atoms with Crippen molar-refractivity contribution in [2.45, 2.75) is 58.0 Å². The smallest absolute Gasteiger partial charge is 0.317 e. The number of ether oxygens (including phenoxy) is 1. The molecule has 2 saturated heterocycles. The van der Waals surface area contributed by atoms with Gasteiger partial charge < -0.3 is 15.0 Å². The van der Waals surface area contributed by atoms with Crippen LogP contribution < -0.4 is 5.32 Å². The minimum Gasteiger partial charge on any atom is -0.378 e. The molecule has 0 radical (unpaired) electrons. The van der Waals surface area contributed by atoms with Crippen LogP contribution in [0.15, 0.2) is 0 Å². The van der Waals surface area contributed by atoms with Crippen molar-refractivity contribution in [2.75, 3.05) is 39.4 Å². The monoisotopic (exact) mass is 297 g/mol. The lowest BCUT2D eigenvalue weighted by atomic mass is 9.96. The molecule has 0 unspecified atom stereocenters. The molecule has 0 aromatic heterocycles. The Hall–Kier alpha value is -0.810. The highest BCUT2D eigenvalue weighted by Crippen LogP contribution is 2.18. The number of piperazine rings is 1. The topological polar surface area (TPSA) is 44.8 Å². The number of amides is 2. The van der Waals surface area contributed by atoms with Gasteiger partial charge in [-0.1, -0.05) is 33.1 Å². The lowest BCUT2D eigenvalue weighted by Gasteiger charge is -2.42. The maximum atomic E-state index is 12.2. The maximum absolute atomic E-state index is 12.2. The van der Waals surface area contributed by atoms with Gasteiger partial charge in [0, 0.05) is 32.2 Å². The lowest BCUT2D eigenvalue weighted by Crippen LogP contribution is -2.59. The second-order valence-corrected chi connectivity index (χ2v) is 6.00. The molecule has 0 aromatic carbocycles. The van der Waals surface area contributed by atoms with Crippen molar-refractivity contribution >= 4 is 6.03 Å². The molecule has 3 aliphatic rings. The molecule has 0 spiro atoms. The molecule has 1 N–H and O–H groups in total. The van der Waals surface area contributed by atoms with Gasteiger partial charge in [0.05, 0.1) is 19.3 Å². The van der Waals surface area contributed by atoms with E-state index in [2.05, 4.69) is 10.2 Å². The van der Waals surface area contributed by atoms with E-state index in [1.807, 2.05) is 18.7 Å². The van der Waals surface area contributed by atoms with Crippen molar-refractivity contribution in [1.29, 1.82) is 0 Å². The van der Waals surface area contributed by atoms with Gasteiger partial charge >= 0.3 is 6.03 Å². The van der Waals surface area contributed by atoms with Gasteiger partial charge in [-0.05, 0) is 12.8 Å². The number of carbonyl (C=O) groups is 1. The lowest BCUT2D eigenvalue weighted by molar-refractivity contribution is -0.0740. The van der Waals surface area contributed by atoms with Crippen LogP contribution in [0.5, 0.6) is 0 Å². The van der Waals surface area contributed by atoms with Crippen molar-refractivity contribution < 1.29 is 9.53 Å². The van der Waals surface area contributed by atoms with Crippen LogP contribution in [-0.2, 0) is 4.74 Å². The molecule has 3 fully saturated rings. The van der Waals surface area contributed by atoms with Crippen LogP contribution in [0.2, 0.25) is 0 Å². The highest BCUT2D eigenvalue weighted by atomic mass is 16.5. The summed E-state index contributed by atoms with van der Waals surface area (Å²) in [4.78, 5) is 16.6. The van der Waals surface area contributed by atoms with Crippen LogP contribution in [0.4, 0.5) is 4.79 Å². The summed E-state index contributed by atoms with van der Waals surface area (Å²) in [5.74, 6) is 0. The molecular formula is C16H31N3O2. The van der Waals surface area contributed by atoms with Gasteiger partial charge in [-0.25, -0.2) is 4.79 Å². The number of carbonyl (C=O) groups excluding carboxylic acids is 1. The number of hydrogen-bond donors (Lipinski definition) is 1. The molecule has 3 rings (SSSR count). The highest BCUT2D eigenvalue weighted by Gasteiger charge is 2.30. The van der Waals surface area contributed by atoms with E-state index in [9.17, 15) is 4.79 Å². The zero-order valence-corrected chi connectivity index (χ0v) is 13.6. The van der Waals surface area contributed by atoms with Gasteiger partial charge in [-0.3, -0.25) is 4.90 Å². The SMILES string of the molecule is CC.O=C(NC1CCCCC1)N1CCN(C2COC2)CC1. The van der Waals surface area contributed by atoms with Crippen LogP contribution in [-0.4, -0.2) is 67.3 Å². The van der Waals surface area contributed by atoms with E-state index in [1.165, 1.54) is 19.3 Å². The van der Waals surface area contributed by atoms with Gasteiger partial charge in [-0.15, -0.1) is 0 Å². The quantitative estimate of drug-likeness (QED) is 0.848. The van der Waals surface area contributed by atoms with E-state index in [0.717, 1.165) is 52.2 Å². The zero-order valence-electron chi connectivity index (χ0n) is 13.6. The molecule has 1 saturated carbocycles. The van der Waals surface area contributed by atoms with Crippen molar-refractivity contribution in [2.24, 2.45) is 0 Å². The van der Waals surface area contributed by atoms with E-state index in [1.54, 1.807) is 0 Å². The predicted octanol–water partition coefficient (Wildman–Crippen LogP) is 2.07. The van der Waals surface area contributed by atoms with Gasteiger partial charge in [0.2, 0.25) is 0 Å². The van der Waals surface area contributed by atoms with Crippen molar-refractivity contribution in [3.63, 3.8) is 0 Å². The van der Waals surface area contributed by atoms with Crippen molar-refractivity contribution in [1.82, 2.24) is 15.1 Å². The molecule has 5 heteroatoms. The summed E-state index contributed by atoms with van der Waals surface area (Å²) in [6.07, 6.45) is 6.17. The van der Waals surface area contributed by atoms with Crippen LogP contribution in [0, 0.1) is 0 Å². The largest absolute Gasteiger partial charge is 0.378 e. The molecular weight excluding hydrogens is 266 g/mol. The Bertz CT molecular complexity index is 307. The molecule has 122 valence electrons. The summed E-state index contributed by atoms with van der Waals surface area (Å²) in [6, 6.07) is 1.17. The van der Waals surface area contributed by atoms with Gasteiger partial charge in [0.25, 0.3) is 0 Å². The molecule has 0 bridgehead atoms. The summed E-state index contributed by atoms with van der Waals surface area (Å²) in [6.45, 7) is 9.44. The second-order valence-electron chi connectivity index (χ2n) is 6.00. The summed E-state index contributed by atoms with van der Waals surface area (Å²) in [5, 5.41) is 3.20. The Labute approximate surface area is 129 Å². The fourth-order valence-corrected chi connectivity index (χ4v) is 3.24. The minimum atomic E-state index is 0.149. The summed E-state index contributed by atoms with van der Waals surface area (Å²) >= 11 is 0. The standard InChI is InChI=1S/C14H25N3O2.C2H6/c18-14(15-12-4-2-1-3-5-12)17-8-6-16(7-9-17)13-10-19-11-13;1-2/h12-13H,1-11H2,(H,15,18);1-2H3. The first-order chi connectivity index (χ1) is 10.3. The second kappa shape index (κ2) is 8.59. The summed E-state index contributed by atoms with van der Waals surface area (Å²) in [7, 11) is 0. The fraction of sp³-hybridized carbons (Fsp3) is 0.938. The summed E-state index contributed by atoms with van der Waals surface area (Å²) < 4.78 is 5.23. The highest BCUT2D eigenvalue weighted by molar-refractivity contribution is 5.74. The van der Waals surface area contributed by atoms with Gasteiger partial charge in [-0.2, -0.15) is 0 Å². The molecule has 2 aliphatic heterocycles. The average Bonchev–Trinajstić information content (AvgIpc) is 2.49. The first kappa shape index (κ1) is 16.6. The summed E-state index contributed by atoms with van der Waals surface area (Å²) in [5.41, 5.74) is 0. The molecule has 1 aliphatic carbocycles. The number of rotatable bonds is 2. The number of hydrogen-bond acceptors (Lipinski definition) is 3. The molecule has 0 aromatic rings. The van der Waals surface area contributed by atoms with E-state index in [-0.39, 0.29) is 6.03 Å². The fourth-order valence-electron chi connectivity index (χ4n) is 3.24. The van der Waals surface area contributed by atoms with E-state index in [0.29, 0.717) is 12.1 Å². The average molecular weight is 297 g/mol. The molecule has 5 nitrogen and oxygen atoms in total. The number of nitrogens with one attached hydrogen (secondary N) is 1. The van der Waals surface area contributed by atoms with Crippen LogP contribution in [0.25, 0.3) is 0 Å². The Balaban J connectivity index is 0.000000774. The van der Waals surface area contributed by atoms with Gasteiger partial charge in [0.1, 0.15) is 0 Å². The minimum absolute atomic E-state index is 0.149. The van der Waals surface area contributed by atoms with Crippen molar-refractivity contribution in [3.05, 3.63) is 0 Å².